The van der Waals surface area contributed by atoms with Crippen molar-refractivity contribution in [3.8, 4) is 11.4 Å². The van der Waals surface area contributed by atoms with Gasteiger partial charge in [-0.15, -0.1) is 0 Å². The van der Waals surface area contributed by atoms with Crippen molar-refractivity contribution in [3.05, 3.63) is 68.9 Å². The van der Waals surface area contributed by atoms with Crippen LogP contribution in [0.3, 0.4) is 0 Å². The number of carbonyl (C=O) groups excluding carboxylic acids is 1. The van der Waals surface area contributed by atoms with Crippen molar-refractivity contribution >= 4 is 16.8 Å². The molecule has 0 radical (unpaired) electrons. The number of hydrogen-bond donors (Lipinski definition) is 1. The van der Waals surface area contributed by atoms with Crippen LogP contribution in [0.1, 0.15) is 19.4 Å². The Morgan fingerprint density at radius 2 is 1.86 bits per heavy atom. The molecular formula is C22H25N3O4. The summed E-state index contributed by atoms with van der Waals surface area (Å²) < 4.78 is 7.74. The SMILES string of the molecule is COc1ccccc1-n1c(=O)c2cc(C)ccc2n(CC(=O)NCC(C)C)c1=O. The van der Waals surface area contributed by atoms with Gasteiger partial charge in [0.05, 0.1) is 23.7 Å². The van der Waals surface area contributed by atoms with Gasteiger partial charge in [0.2, 0.25) is 5.91 Å². The van der Waals surface area contributed by atoms with Gasteiger partial charge in [-0.3, -0.25) is 14.2 Å². The lowest BCUT2D eigenvalue weighted by Crippen LogP contribution is -2.42. The van der Waals surface area contributed by atoms with Gasteiger partial charge in [0.25, 0.3) is 5.56 Å². The molecule has 1 amide bonds. The molecule has 0 atom stereocenters. The lowest BCUT2D eigenvalue weighted by Gasteiger charge is -2.16. The number of nitrogens with one attached hydrogen (secondary N) is 1. The molecular weight excluding hydrogens is 370 g/mol. The molecule has 7 nitrogen and oxygen atoms in total. The van der Waals surface area contributed by atoms with Crippen LogP contribution in [0.5, 0.6) is 5.75 Å². The maximum absolute atomic E-state index is 13.3. The van der Waals surface area contributed by atoms with E-state index < -0.39 is 11.2 Å². The highest BCUT2D eigenvalue weighted by Crippen LogP contribution is 2.20. The summed E-state index contributed by atoms with van der Waals surface area (Å²) in [6, 6.07) is 12.1. The number of methoxy groups -OCH3 is 1. The van der Waals surface area contributed by atoms with Crippen LogP contribution in [-0.2, 0) is 11.3 Å². The maximum atomic E-state index is 13.3. The fraction of sp³-hybridized carbons (Fsp3) is 0.318. The third kappa shape index (κ3) is 4.08. The summed E-state index contributed by atoms with van der Waals surface area (Å²) in [5.41, 5.74) is 0.615. The first-order chi connectivity index (χ1) is 13.8. The second-order valence-corrected chi connectivity index (χ2v) is 7.40. The van der Waals surface area contributed by atoms with Crippen molar-refractivity contribution in [2.24, 2.45) is 5.92 Å². The van der Waals surface area contributed by atoms with Crippen LogP contribution in [0.15, 0.2) is 52.1 Å². The number of carbonyl (C=O) groups is 1. The topological polar surface area (TPSA) is 82.3 Å². The number of amides is 1. The first-order valence-electron chi connectivity index (χ1n) is 9.49. The molecule has 0 aliphatic carbocycles. The van der Waals surface area contributed by atoms with E-state index in [9.17, 15) is 14.4 Å². The number of aromatic nitrogens is 2. The fourth-order valence-electron chi connectivity index (χ4n) is 3.18. The Kier molecular flexibility index (Phi) is 5.87. The predicted octanol–water partition coefficient (Wildman–Crippen LogP) is 2.24. The first kappa shape index (κ1) is 20.4. The Morgan fingerprint density at radius 3 is 2.55 bits per heavy atom. The van der Waals surface area contributed by atoms with Crippen molar-refractivity contribution < 1.29 is 9.53 Å². The molecule has 0 bridgehead atoms. The van der Waals surface area contributed by atoms with Crippen molar-refractivity contribution in [1.29, 1.82) is 0 Å². The molecule has 0 aliphatic heterocycles. The van der Waals surface area contributed by atoms with Gasteiger partial charge in [0.1, 0.15) is 12.3 Å². The second-order valence-electron chi connectivity index (χ2n) is 7.40. The van der Waals surface area contributed by atoms with E-state index in [1.165, 1.54) is 11.7 Å². The van der Waals surface area contributed by atoms with E-state index in [2.05, 4.69) is 5.32 Å². The number of para-hydroxylation sites is 2. The summed E-state index contributed by atoms with van der Waals surface area (Å²) in [7, 11) is 1.48. The average Bonchev–Trinajstić information content (AvgIpc) is 2.70. The molecule has 0 unspecified atom stereocenters. The molecule has 0 saturated carbocycles. The molecule has 3 rings (SSSR count). The van der Waals surface area contributed by atoms with E-state index >= 15 is 0 Å². The van der Waals surface area contributed by atoms with Gasteiger partial charge in [0.15, 0.2) is 0 Å². The average molecular weight is 395 g/mol. The van der Waals surface area contributed by atoms with Crippen LogP contribution in [0.25, 0.3) is 16.6 Å². The van der Waals surface area contributed by atoms with Crippen molar-refractivity contribution in [2.75, 3.05) is 13.7 Å². The van der Waals surface area contributed by atoms with Gasteiger partial charge < -0.3 is 10.1 Å². The molecule has 7 heteroatoms. The van der Waals surface area contributed by atoms with Gasteiger partial charge >= 0.3 is 5.69 Å². The summed E-state index contributed by atoms with van der Waals surface area (Å²) in [6.45, 7) is 6.19. The molecule has 1 heterocycles. The molecule has 2 aromatic carbocycles. The zero-order chi connectivity index (χ0) is 21.1. The predicted molar refractivity (Wildman–Crippen MR) is 113 cm³/mol. The van der Waals surface area contributed by atoms with Crippen molar-refractivity contribution in [1.82, 2.24) is 14.5 Å². The van der Waals surface area contributed by atoms with E-state index in [1.54, 1.807) is 36.4 Å². The van der Waals surface area contributed by atoms with Crippen LogP contribution in [0, 0.1) is 12.8 Å². The van der Waals surface area contributed by atoms with Gasteiger partial charge in [-0.2, -0.15) is 0 Å². The highest BCUT2D eigenvalue weighted by Gasteiger charge is 2.18. The van der Waals surface area contributed by atoms with Crippen LogP contribution < -0.4 is 21.3 Å². The molecule has 0 spiro atoms. The lowest BCUT2D eigenvalue weighted by molar-refractivity contribution is -0.121. The highest BCUT2D eigenvalue weighted by molar-refractivity contribution is 5.82. The lowest BCUT2D eigenvalue weighted by atomic mass is 10.1. The third-order valence-electron chi connectivity index (χ3n) is 4.63. The van der Waals surface area contributed by atoms with Gasteiger partial charge in [-0.25, -0.2) is 9.36 Å². The zero-order valence-electron chi connectivity index (χ0n) is 17.1. The Morgan fingerprint density at radius 1 is 1.14 bits per heavy atom. The number of hydrogen-bond acceptors (Lipinski definition) is 4. The van der Waals surface area contributed by atoms with Gasteiger partial charge in [0, 0.05) is 6.54 Å². The van der Waals surface area contributed by atoms with Crippen molar-refractivity contribution in [2.45, 2.75) is 27.3 Å². The minimum atomic E-state index is -0.587. The summed E-state index contributed by atoms with van der Waals surface area (Å²) in [5.74, 6) is 0.403. The Hall–Kier alpha value is -3.35. The largest absolute Gasteiger partial charge is 0.495 e. The number of nitrogens with zero attached hydrogens (tertiary/aromatic N) is 2. The molecule has 0 aliphatic rings. The van der Waals surface area contributed by atoms with E-state index in [4.69, 9.17) is 4.74 Å². The van der Waals surface area contributed by atoms with E-state index in [0.29, 0.717) is 28.9 Å². The molecule has 152 valence electrons. The van der Waals surface area contributed by atoms with Crippen LogP contribution in [-0.4, -0.2) is 28.7 Å². The number of benzene rings is 2. The third-order valence-corrected chi connectivity index (χ3v) is 4.63. The minimum absolute atomic E-state index is 0.180. The fourth-order valence-corrected chi connectivity index (χ4v) is 3.18. The molecule has 1 aromatic heterocycles. The molecule has 0 saturated heterocycles. The summed E-state index contributed by atoms with van der Waals surface area (Å²) >= 11 is 0. The monoisotopic (exact) mass is 395 g/mol. The van der Waals surface area contributed by atoms with Gasteiger partial charge in [-0.1, -0.05) is 37.6 Å². The Labute approximate surface area is 168 Å². The van der Waals surface area contributed by atoms with Crippen LogP contribution >= 0.6 is 0 Å². The van der Waals surface area contributed by atoms with E-state index in [-0.39, 0.29) is 18.4 Å². The quantitative estimate of drug-likeness (QED) is 0.694. The molecule has 1 N–H and O–H groups in total. The van der Waals surface area contributed by atoms with Crippen molar-refractivity contribution in [3.63, 3.8) is 0 Å². The van der Waals surface area contributed by atoms with Crippen LogP contribution in [0.2, 0.25) is 0 Å². The number of fused-ring (bicyclic) bond motifs is 1. The Bertz CT molecular complexity index is 1170. The zero-order valence-corrected chi connectivity index (χ0v) is 17.1. The molecule has 29 heavy (non-hydrogen) atoms. The van der Waals surface area contributed by atoms with E-state index in [1.807, 2.05) is 26.8 Å². The highest BCUT2D eigenvalue weighted by atomic mass is 16.5. The van der Waals surface area contributed by atoms with Gasteiger partial charge in [-0.05, 0) is 37.1 Å². The smallest absolute Gasteiger partial charge is 0.336 e. The summed E-state index contributed by atoms with van der Waals surface area (Å²) in [5, 5.41) is 3.19. The number of ether oxygens (including phenoxy) is 1. The molecule has 0 fully saturated rings. The molecule has 3 aromatic rings. The number of aryl methyl sites for hydroxylation is 1. The summed E-state index contributed by atoms with van der Waals surface area (Å²) in [4.78, 5) is 39.0. The standard InChI is InChI=1S/C22H25N3O4/c1-14(2)12-23-20(26)13-24-17-10-9-15(3)11-16(17)21(27)25(22(24)28)18-7-5-6-8-19(18)29-4/h5-11,14H,12-13H2,1-4H3,(H,23,26). The minimum Gasteiger partial charge on any atom is -0.495 e. The maximum Gasteiger partial charge on any atom is 0.336 e. The normalized spacial score (nSPS) is 11.1. The second kappa shape index (κ2) is 8.34. The Balaban J connectivity index is 2.27. The number of rotatable bonds is 6. The van der Waals surface area contributed by atoms with Crippen LogP contribution in [0.4, 0.5) is 0 Å². The first-order valence-corrected chi connectivity index (χ1v) is 9.49. The summed E-state index contributed by atoms with van der Waals surface area (Å²) in [6.07, 6.45) is 0. The van der Waals surface area contributed by atoms with E-state index in [0.717, 1.165) is 10.1 Å².